The van der Waals surface area contributed by atoms with Crippen LogP contribution in [-0.2, 0) is 6.54 Å². The normalized spacial score (nSPS) is 10.7. The Morgan fingerprint density at radius 2 is 2.20 bits per heavy atom. The van der Waals surface area contributed by atoms with Crippen LogP contribution in [0.1, 0.15) is 15.4 Å². The number of thiazole rings is 1. The van der Waals surface area contributed by atoms with Gasteiger partial charge in [0.1, 0.15) is 6.33 Å². The van der Waals surface area contributed by atoms with Crippen LogP contribution in [0.2, 0.25) is 0 Å². The number of hydrogen-bond donors (Lipinski definition) is 1. The molecule has 0 aliphatic heterocycles. The van der Waals surface area contributed by atoms with Crippen molar-refractivity contribution in [3.8, 4) is 5.69 Å². The van der Waals surface area contributed by atoms with E-state index in [0.717, 1.165) is 22.9 Å². The zero-order valence-corrected chi connectivity index (χ0v) is 12.1. The first-order valence-electron chi connectivity index (χ1n) is 6.21. The molecule has 0 spiro atoms. The highest BCUT2D eigenvalue weighted by atomic mass is 32.1. The lowest BCUT2D eigenvalue weighted by Gasteiger charge is -2.10. The number of rotatable bonds is 4. The Labute approximate surface area is 120 Å². The summed E-state index contributed by atoms with van der Waals surface area (Å²) in [6.45, 7) is 4.85. The molecule has 0 radical (unpaired) electrons. The van der Waals surface area contributed by atoms with E-state index < -0.39 is 0 Å². The first-order chi connectivity index (χ1) is 9.72. The molecule has 3 aromatic rings. The summed E-state index contributed by atoms with van der Waals surface area (Å²) in [6, 6.07) is 6.09. The standard InChI is InChI=1S/C13H14N6S/c1-9-3-4-11(19-8-16-17-18-19)5-13(9)15-7-12-6-14-10(2)20-12/h3-6,8,15H,7H2,1-2H3. The van der Waals surface area contributed by atoms with Crippen LogP contribution in [0.3, 0.4) is 0 Å². The highest BCUT2D eigenvalue weighted by molar-refractivity contribution is 7.11. The molecule has 102 valence electrons. The monoisotopic (exact) mass is 286 g/mol. The van der Waals surface area contributed by atoms with Crippen molar-refractivity contribution in [1.82, 2.24) is 25.2 Å². The molecule has 2 aromatic heterocycles. The second-order valence-corrected chi connectivity index (χ2v) is 5.77. The van der Waals surface area contributed by atoms with Crippen molar-refractivity contribution in [2.45, 2.75) is 20.4 Å². The molecule has 0 saturated heterocycles. The van der Waals surface area contributed by atoms with Gasteiger partial charge in [0, 0.05) is 16.8 Å². The second kappa shape index (κ2) is 5.38. The molecule has 0 amide bonds. The van der Waals surface area contributed by atoms with Gasteiger partial charge in [0.2, 0.25) is 0 Å². The van der Waals surface area contributed by atoms with E-state index >= 15 is 0 Å². The zero-order valence-electron chi connectivity index (χ0n) is 11.2. The van der Waals surface area contributed by atoms with Crippen LogP contribution in [0.4, 0.5) is 5.69 Å². The van der Waals surface area contributed by atoms with Gasteiger partial charge < -0.3 is 5.32 Å². The fourth-order valence-corrected chi connectivity index (χ4v) is 2.63. The Kier molecular flexibility index (Phi) is 3.42. The molecule has 6 nitrogen and oxygen atoms in total. The molecule has 20 heavy (non-hydrogen) atoms. The molecule has 1 aromatic carbocycles. The topological polar surface area (TPSA) is 68.5 Å². The van der Waals surface area contributed by atoms with Crippen molar-refractivity contribution in [3.63, 3.8) is 0 Å². The van der Waals surface area contributed by atoms with Gasteiger partial charge >= 0.3 is 0 Å². The van der Waals surface area contributed by atoms with E-state index in [1.54, 1.807) is 22.3 Å². The van der Waals surface area contributed by atoms with Gasteiger partial charge in [0.15, 0.2) is 0 Å². The molecule has 0 aliphatic carbocycles. The van der Waals surface area contributed by atoms with Gasteiger partial charge in [-0.25, -0.2) is 9.67 Å². The highest BCUT2D eigenvalue weighted by Gasteiger charge is 2.04. The average molecular weight is 286 g/mol. The molecule has 2 heterocycles. The minimum atomic E-state index is 0.769. The molecular formula is C13H14N6S. The van der Waals surface area contributed by atoms with Crippen molar-refractivity contribution in [2.24, 2.45) is 0 Å². The summed E-state index contributed by atoms with van der Waals surface area (Å²) in [5, 5.41) is 15.7. The molecule has 0 aliphatic rings. The first kappa shape index (κ1) is 12.7. The summed E-state index contributed by atoms with van der Waals surface area (Å²) >= 11 is 1.70. The third-order valence-corrected chi connectivity index (χ3v) is 3.87. The summed E-state index contributed by atoms with van der Waals surface area (Å²) in [5.74, 6) is 0. The lowest BCUT2D eigenvalue weighted by atomic mass is 10.2. The Hall–Kier alpha value is -2.28. The summed E-state index contributed by atoms with van der Waals surface area (Å²) in [5.41, 5.74) is 3.19. The third-order valence-electron chi connectivity index (χ3n) is 2.96. The SMILES string of the molecule is Cc1ncc(CNc2cc(-n3cnnn3)ccc2C)s1. The van der Waals surface area contributed by atoms with E-state index in [0.29, 0.717) is 0 Å². The minimum absolute atomic E-state index is 0.769. The van der Waals surface area contributed by atoms with Crippen molar-refractivity contribution < 1.29 is 0 Å². The highest BCUT2D eigenvalue weighted by Crippen LogP contribution is 2.21. The Morgan fingerprint density at radius 1 is 1.30 bits per heavy atom. The zero-order chi connectivity index (χ0) is 13.9. The van der Waals surface area contributed by atoms with Gasteiger partial charge in [0.25, 0.3) is 0 Å². The summed E-state index contributed by atoms with van der Waals surface area (Å²) in [7, 11) is 0. The van der Waals surface area contributed by atoms with Gasteiger partial charge in [-0.1, -0.05) is 6.07 Å². The number of nitrogens with one attached hydrogen (secondary N) is 1. The van der Waals surface area contributed by atoms with E-state index in [2.05, 4.69) is 38.8 Å². The summed E-state index contributed by atoms with van der Waals surface area (Å²) in [6.07, 6.45) is 3.49. The van der Waals surface area contributed by atoms with Crippen molar-refractivity contribution >= 4 is 17.0 Å². The van der Waals surface area contributed by atoms with Gasteiger partial charge in [-0.15, -0.1) is 16.4 Å². The number of aromatic nitrogens is 5. The van der Waals surface area contributed by atoms with Crippen LogP contribution in [0, 0.1) is 13.8 Å². The number of nitrogens with zero attached hydrogens (tertiary/aromatic N) is 5. The number of benzene rings is 1. The van der Waals surface area contributed by atoms with E-state index in [4.69, 9.17) is 0 Å². The van der Waals surface area contributed by atoms with E-state index in [1.165, 1.54) is 10.4 Å². The largest absolute Gasteiger partial charge is 0.380 e. The van der Waals surface area contributed by atoms with Crippen molar-refractivity contribution in [2.75, 3.05) is 5.32 Å². The fourth-order valence-electron chi connectivity index (χ4n) is 1.89. The molecule has 0 atom stereocenters. The maximum absolute atomic E-state index is 4.26. The van der Waals surface area contributed by atoms with Crippen LogP contribution in [-0.4, -0.2) is 25.2 Å². The van der Waals surface area contributed by atoms with E-state index in [-0.39, 0.29) is 0 Å². The molecule has 0 unspecified atom stereocenters. The summed E-state index contributed by atoms with van der Waals surface area (Å²) in [4.78, 5) is 5.47. The van der Waals surface area contributed by atoms with Gasteiger partial charge in [-0.3, -0.25) is 0 Å². The number of hydrogen-bond acceptors (Lipinski definition) is 6. The van der Waals surface area contributed by atoms with Crippen LogP contribution >= 0.6 is 11.3 Å². The predicted molar refractivity (Wildman–Crippen MR) is 78.1 cm³/mol. The minimum Gasteiger partial charge on any atom is -0.380 e. The average Bonchev–Trinajstić information content (AvgIpc) is 3.09. The van der Waals surface area contributed by atoms with Crippen LogP contribution < -0.4 is 5.32 Å². The Bertz CT molecular complexity index is 703. The predicted octanol–water partition coefficient (Wildman–Crippen LogP) is 2.35. The smallest absolute Gasteiger partial charge is 0.143 e. The maximum Gasteiger partial charge on any atom is 0.143 e. The van der Waals surface area contributed by atoms with Crippen LogP contribution in [0.5, 0.6) is 0 Å². The lowest BCUT2D eigenvalue weighted by molar-refractivity contribution is 0.789. The van der Waals surface area contributed by atoms with Gasteiger partial charge in [0.05, 0.1) is 17.2 Å². The van der Waals surface area contributed by atoms with Gasteiger partial charge in [-0.05, 0) is 42.0 Å². The molecule has 0 bridgehead atoms. The lowest BCUT2D eigenvalue weighted by Crippen LogP contribution is -2.02. The number of anilines is 1. The molecular weight excluding hydrogens is 272 g/mol. The number of aryl methyl sites for hydroxylation is 2. The molecule has 3 rings (SSSR count). The second-order valence-electron chi connectivity index (χ2n) is 4.45. The van der Waals surface area contributed by atoms with Crippen molar-refractivity contribution in [3.05, 3.63) is 46.2 Å². The van der Waals surface area contributed by atoms with Gasteiger partial charge in [-0.2, -0.15) is 0 Å². The van der Waals surface area contributed by atoms with Crippen LogP contribution in [0.25, 0.3) is 5.69 Å². The summed E-state index contributed by atoms with van der Waals surface area (Å²) < 4.78 is 1.64. The molecule has 0 saturated carbocycles. The quantitative estimate of drug-likeness (QED) is 0.797. The van der Waals surface area contributed by atoms with Crippen LogP contribution in [0.15, 0.2) is 30.7 Å². The van der Waals surface area contributed by atoms with E-state index in [9.17, 15) is 0 Å². The van der Waals surface area contributed by atoms with Crippen molar-refractivity contribution in [1.29, 1.82) is 0 Å². The molecule has 7 heteroatoms. The fraction of sp³-hybridized carbons (Fsp3) is 0.231. The Morgan fingerprint density at radius 3 is 2.90 bits per heavy atom. The Balaban J connectivity index is 1.80. The molecule has 1 N–H and O–H groups in total. The first-order valence-corrected chi connectivity index (χ1v) is 7.03. The third kappa shape index (κ3) is 2.67. The molecule has 0 fully saturated rings. The van der Waals surface area contributed by atoms with E-state index in [1.807, 2.05) is 25.3 Å². The number of tetrazole rings is 1. The maximum atomic E-state index is 4.26.